The van der Waals surface area contributed by atoms with Gasteiger partial charge < -0.3 is 9.84 Å². The molecule has 0 radical (unpaired) electrons. The third-order valence-corrected chi connectivity index (χ3v) is 5.84. The molecule has 0 saturated heterocycles. The molecule has 0 heterocycles. The van der Waals surface area contributed by atoms with Crippen molar-refractivity contribution >= 4 is 5.97 Å². The fraction of sp³-hybridized carbons (Fsp3) is 0.741. The second-order valence-electron chi connectivity index (χ2n) is 13.2. The minimum Gasteiger partial charge on any atom is -0.507 e. The van der Waals surface area contributed by atoms with Gasteiger partial charge in [0.2, 0.25) is 0 Å². The third-order valence-electron chi connectivity index (χ3n) is 5.84. The van der Waals surface area contributed by atoms with Gasteiger partial charge in [0.1, 0.15) is 5.75 Å². The highest BCUT2D eigenvalue weighted by Crippen LogP contribution is 2.40. The summed E-state index contributed by atoms with van der Waals surface area (Å²) in [7, 11) is 0. The lowest BCUT2D eigenvalue weighted by atomic mass is 9.75. The normalized spacial score (nSPS) is 14.5. The van der Waals surface area contributed by atoms with Gasteiger partial charge in [-0.25, -0.2) is 4.79 Å². The molecule has 172 valence electrons. The Labute approximate surface area is 185 Å². The topological polar surface area (TPSA) is 46.5 Å². The maximum atomic E-state index is 13.0. The Morgan fingerprint density at radius 1 is 0.867 bits per heavy atom. The number of hydrogen-bond acceptors (Lipinski definition) is 3. The second-order valence-corrected chi connectivity index (χ2v) is 13.2. The number of hydrogen-bond donors (Lipinski definition) is 1. The quantitative estimate of drug-likeness (QED) is 0.500. The van der Waals surface area contributed by atoms with E-state index in [0.29, 0.717) is 18.1 Å². The first-order valence-corrected chi connectivity index (χ1v) is 11.3. The van der Waals surface area contributed by atoms with E-state index in [0.717, 1.165) is 24.0 Å². The van der Waals surface area contributed by atoms with Gasteiger partial charge in [0.05, 0.1) is 12.2 Å². The Bertz CT molecular complexity index is 696. The van der Waals surface area contributed by atoms with Gasteiger partial charge in [0, 0.05) is 11.1 Å². The number of phenolic OH excluding ortho intramolecular Hbond substituents is 1. The van der Waals surface area contributed by atoms with Crippen molar-refractivity contribution in [1.82, 2.24) is 0 Å². The Morgan fingerprint density at radius 2 is 1.30 bits per heavy atom. The van der Waals surface area contributed by atoms with Crippen LogP contribution >= 0.6 is 0 Å². The summed E-state index contributed by atoms with van der Waals surface area (Å²) in [4.78, 5) is 13.0. The van der Waals surface area contributed by atoms with Crippen molar-refractivity contribution in [3.63, 3.8) is 0 Å². The van der Waals surface area contributed by atoms with Crippen molar-refractivity contribution in [3.8, 4) is 5.75 Å². The first kappa shape index (κ1) is 26.5. The number of ether oxygens (including phenoxy) is 1. The van der Waals surface area contributed by atoms with Crippen LogP contribution in [0.25, 0.3) is 0 Å². The van der Waals surface area contributed by atoms with E-state index in [-0.39, 0.29) is 33.4 Å². The van der Waals surface area contributed by atoms with Gasteiger partial charge in [0.15, 0.2) is 0 Å². The number of carbonyl (C=O) groups is 1. The summed E-state index contributed by atoms with van der Waals surface area (Å²) in [5.74, 6) is 0.266. The van der Waals surface area contributed by atoms with Crippen molar-refractivity contribution < 1.29 is 14.6 Å². The van der Waals surface area contributed by atoms with E-state index in [1.54, 1.807) is 12.1 Å². The largest absolute Gasteiger partial charge is 0.507 e. The summed E-state index contributed by atoms with van der Waals surface area (Å²) in [6.45, 7) is 26.1. The molecule has 1 atom stereocenters. The maximum absolute atomic E-state index is 13.0. The van der Waals surface area contributed by atoms with Crippen LogP contribution in [0.15, 0.2) is 12.1 Å². The van der Waals surface area contributed by atoms with E-state index in [9.17, 15) is 9.90 Å². The molecule has 0 aliphatic rings. The first-order valence-electron chi connectivity index (χ1n) is 11.3. The van der Waals surface area contributed by atoms with E-state index in [4.69, 9.17) is 4.74 Å². The number of benzene rings is 1. The molecular formula is C27H46O3. The number of aromatic hydroxyl groups is 1. The van der Waals surface area contributed by atoms with Gasteiger partial charge in [-0.1, -0.05) is 83.1 Å². The highest BCUT2D eigenvalue weighted by molar-refractivity contribution is 5.90. The predicted octanol–water partition coefficient (Wildman–Crippen LogP) is 7.63. The van der Waals surface area contributed by atoms with Crippen LogP contribution in [0.5, 0.6) is 5.75 Å². The standard InChI is InChI=1S/C27H46O3/c1-24(2,3)14-13-19(25(4,5)6)17-30-23(29)18-15-20(26(7,8)9)22(28)21(16-18)27(10,11)12/h15-16,19,28H,13-14,17H2,1-12H3. The summed E-state index contributed by atoms with van der Waals surface area (Å²) >= 11 is 0. The van der Waals surface area contributed by atoms with Gasteiger partial charge in [0.25, 0.3) is 0 Å². The van der Waals surface area contributed by atoms with Gasteiger partial charge in [-0.05, 0) is 52.6 Å². The fourth-order valence-corrected chi connectivity index (χ4v) is 3.53. The van der Waals surface area contributed by atoms with Crippen molar-refractivity contribution in [2.24, 2.45) is 16.7 Å². The van der Waals surface area contributed by atoms with E-state index < -0.39 is 0 Å². The third kappa shape index (κ3) is 7.63. The molecule has 0 fully saturated rings. The van der Waals surface area contributed by atoms with Crippen LogP contribution in [0.2, 0.25) is 0 Å². The van der Waals surface area contributed by atoms with Crippen LogP contribution in [-0.4, -0.2) is 17.7 Å². The van der Waals surface area contributed by atoms with Crippen molar-refractivity contribution in [2.45, 2.75) is 107 Å². The van der Waals surface area contributed by atoms with E-state index in [1.165, 1.54) is 0 Å². The molecule has 0 saturated carbocycles. The molecular weight excluding hydrogens is 372 g/mol. The molecule has 3 nitrogen and oxygen atoms in total. The Morgan fingerprint density at radius 3 is 1.63 bits per heavy atom. The summed E-state index contributed by atoms with van der Waals surface area (Å²) in [6, 6.07) is 3.60. The lowest BCUT2D eigenvalue weighted by Crippen LogP contribution is -2.28. The molecule has 0 aromatic heterocycles. The van der Waals surface area contributed by atoms with Crippen molar-refractivity contribution in [2.75, 3.05) is 6.61 Å². The molecule has 1 N–H and O–H groups in total. The molecule has 1 aromatic carbocycles. The summed E-state index contributed by atoms with van der Waals surface area (Å²) < 4.78 is 5.84. The number of phenols is 1. The van der Waals surface area contributed by atoms with Crippen molar-refractivity contribution in [3.05, 3.63) is 28.8 Å². The number of rotatable bonds is 5. The SMILES string of the molecule is CC(C)(C)CCC(COC(=O)c1cc(C(C)(C)C)c(O)c(C(C)(C)C)c1)C(C)(C)C. The molecule has 1 rings (SSSR count). The molecule has 1 unspecified atom stereocenters. The highest BCUT2D eigenvalue weighted by Gasteiger charge is 2.30. The fourth-order valence-electron chi connectivity index (χ4n) is 3.53. The molecule has 0 spiro atoms. The van der Waals surface area contributed by atoms with E-state index >= 15 is 0 Å². The first-order chi connectivity index (χ1) is 13.2. The van der Waals surface area contributed by atoms with Crippen LogP contribution in [0.4, 0.5) is 0 Å². The molecule has 30 heavy (non-hydrogen) atoms. The minimum absolute atomic E-state index is 0.0631. The average Bonchev–Trinajstić information content (AvgIpc) is 2.50. The summed E-state index contributed by atoms with van der Waals surface area (Å²) in [5, 5.41) is 10.9. The van der Waals surface area contributed by atoms with Crippen LogP contribution < -0.4 is 0 Å². The lowest BCUT2D eigenvalue weighted by Gasteiger charge is -2.32. The zero-order valence-electron chi connectivity index (χ0n) is 21.6. The number of carbonyl (C=O) groups excluding carboxylic acids is 1. The Balaban J connectivity index is 3.18. The maximum Gasteiger partial charge on any atom is 0.338 e. The van der Waals surface area contributed by atoms with Gasteiger partial charge >= 0.3 is 5.97 Å². The molecule has 0 bridgehead atoms. The summed E-state index contributed by atoms with van der Waals surface area (Å²) in [6.07, 6.45) is 2.12. The van der Waals surface area contributed by atoms with Crippen LogP contribution in [0.1, 0.15) is 117 Å². The van der Waals surface area contributed by atoms with Gasteiger partial charge in [-0.15, -0.1) is 0 Å². The molecule has 1 aromatic rings. The van der Waals surface area contributed by atoms with Gasteiger partial charge in [-0.3, -0.25) is 0 Å². The smallest absolute Gasteiger partial charge is 0.338 e. The Kier molecular flexibility index (Phi) is 7.89. The van der Waals surface area contributed by atoms with Crippen LogP contribution in [-0.2, 0) is 15.6 Å². The summed E-state index contributed by atoms with van der Waals surface area (Å²) in [5.41, 5.74) is 1.85. The molecule has 0 aliphatic heterocycles. The minimum atomic E-state index is -0.309. The molecule has 3 heteroatoms. The lowest BCUT2D eigenvalue weighted by molar-refractivity contribution is 0.0297. The average molecular weight is 419 g/mol. The predicted molar refractivity (Wildman–Crippen MR) is 127 cm³/mol. The number of esters is 1. The zero-order valence-corrected chi connectivity index (χ0v) is 21.6. The van der Waals surface area contributed by atoms with Crippen LogP contribution in [0, 0.1) is 16.7 Å². The molecule has 0 amide bonds. The second kappa shape index (κ2) is 8.93. The zero-order chi connectivity index (χ0) is 23.7. The van der Waals surface area contributed by atoms with Gasteiger partial charge in [-0.2, -0.15) is 0 Å². The highest BCUT2D eigenvalue weighted by atomic mass is 16.5. The molecule has 0 aliphatic carbocycles. The van der Waals surface area contributed by atoms with E-state index in [2.05, 4.69) is 41.5 Å². The van der Waals surface area contributed by atoms with Crippen LogP contribution in [0.3, 0.4) is 0 Å². The monoisotopic (exact) mass is 418 g/mol. The van der Waals surface area contributed by atoms with Crippen molar-refractivity contribution in [1.29, 1.82) is 0 Å². The Hall–Kier alpha value is -1.51. The van der Waals surface area contributed by atoms with E-state index in [1.807, 2.05) is 41.5 Å².